The van der Waals surface area contributed by atoms with Crippen molar-refractivity contribution in [3.63, 3.8) is 0 Å². The molecule has 1 aromatic rings. The molecule has 2 heterocycles. The number of carbonyl (C=O) groups is 5. The number of Topliss-reactive ketones (excluding diaryl/α,β-unsaturated/α-hetero) is 1. The van der Waals surface area contributed by atoms with Crippen molar-refractivity contribution in [1.29, 1.82) is 0 Å². The maximum atomic E-state index is 12.9. The molecule has 168 valence electrons. The van der Waals surface area contributed by atoms with Crippen molar-refractivity contribution in [3.05, 3.63) is 39.8 Å². The topological polar surface area (TPSA) is 168 Å². The van der Waals surface area contributed by atoms with E-state index in [1.165, 1.54) is 18.2 Å². The monoisotopic (exact) mass is 443 g/mol. The van der Waals surface area contributed by atoms with Crippen molar-refractivity contribution >= 4 is 29.4 Å². The van der Waals surface area contributed by atoms with Gasteiger partial charge < -0.3 is 9.47 Å². The van der Waals surface area contributed by atoms with Crippen LogP contribution in [-0.2, 0) is 19.1 Å². The number of nitrogens with one attached hydrogen (secondary N) is 1. The summed E-state index contributed by atoms with van der Waals surface area (Å²) >= 11 is 0. The number of carbonyl (C=O) groups excluding carboxylic acids is 5. The Balaban J connectivity index is 1.58. The van der Waals surface area contributed by atoms with Gasteiger partial charge in [-0.05, 0) is 30.5 Å². The molecule has 1 fully saturated rings. The Morgan fingerprint density at radius 3 is 2.78 bits per heavy atom. The van der Waals surface area contributed by atoms with Crippen LogP contribution in [0.5, 0.6) is 5.75 Å². The van der Waals surface area contributed by atoms with Crippen molar-refractivity contribution in [2.24, 2.45) is 5.11 Å². The first kappa shape index (κ1) is 22.9. The van der Waals surface area contributed by atoms with Crippen LogP contribution >= 0.6 is 0 Å². The predicted molar refractivity (Wildman–Crippen MR) is 108 cm³/mol. The van der Waals surface area contributed by atoms with Gasteiger partial charge in [-0.25, -0.2) is 0 Å². The lowest BCUT2D eigenvalue weighted by molar-refractivity contribution is -0.136. The molecule has 1 unspecified atom stereocenters. The van der Waals surface area contributed by atoms with Crippen molar-refractivity contribution < 1.29 is 33.4 Å². The molecule has 0 saturated carbocycles. The fourth-order valence-electron chi connectivity index (χ4n) is 3.46. The van der Waals surface area contributed by atoms with E-state index in [4.69, 9.17) is 15.0 Å². The normalized spacial score (nSPS) is 17.6. The predicted octanol–water partition coefficient (Wildman–Crippen LogP) is 1.14. The number of benzene rings is 1. The van der Waals surface area contributed by atoms with Crippen molar-refractivity contribution in [2.75, 3.05) is 26.4 Å². The lowest BCUT2D eigenvalue weighted by Crippen LogP contribution is -2.54. The quantitative estimate of drug-likeness (QED) is 0.176. The average Bonchev–Trinajstić information content (AvgIpc) is 3.02. The summed E-state index contributed by atoms with van der Waals surface area (Å²) in [6.45, 7) is 0.510. The number of piperidine rings is 1. The van der Waals surface area contributed by atoms with Crippen molar-refractivity contribution in [3.8, 4) is 5.75 Å². The zero-order valence-corrected chi connectivity index (χ0v) is 17.1. The van der Waals surface area contributed by atoms with Crippen LogP contribution in [0.3, 0.4) is 0 Å². The minimum atomic E-state index is -1.08. The van der Waals surface area contributed by atoms with Crippen molar-refractivity contribution in [1.82, 2.24) is 10.2 Å². The largest absolute Gasteiger partial charge is 0.485 e. The van der Waals surface area contributed by atoms with Crippen molar-refractivity contribution in [2.45, 2.75) is 31.7 Å². The van der Waals surface area contributed by atoms with Gasteiger partial charge in [0.25, 0.3) is 11.8 Å². The van der Waals surface area contributed by atoms with E-state index in [9.17, 15) is 24.0 Å². The van der Waals surface area contributed by atoms with Gasteiger partial charge in [0.1, 0.15) is 18.4 Å². The molecule has 0 bridgehead atoms. The van der Waals surface area contributed by atoms with Gasteiger partial charge >= 0.3 is 0 Å². The summed E-state index contributed by atoms with van der Waals surface area (Å²) < 4.78 is 10.7. The first-order valence-corrected chi connectivity index (χ1v) is 10.0. The van der Waals surface area contributed by atoms with Crippen LogP contribution in [-0.4, -0.2) is 66.7 Å². The van der Waals surface area contributed by atoms with Gasteiger partial charge in [0.15, 0.2) is 5.78 Å². The highest BCUT2D eigenvalue weighted by Crippen LogP contribution is 2.33. The molecule has 1 atom stereocenters. The molecule has 3 rings (SSSR count). The number of nitrogens with zero attached hydrogens (tertiary/aromatic N) is 4. The number of fused-ring (bicyclic) bond motifs is 1. The molecule has 1 N–H and O–H groups in total. The molecule has 0 aliphatic carbocycles. The zero-order chi connectivity index (χ0) is 23.1. The number of hydrogen-bond donors (Lipinski definition) is 1. The number of imide groups is 2. The molecule has 0 aromatic heterocycles. The summed E-state index contributed by atoms with van der Waals surface area (Å²) in [6, 6.07) is 3.37. The lowest BCUT2D eigenvalue weighted by Gasteiger charge is -2.27. The second kappa shape index (κ2) is 10.5. The number of azide groups is 1. The zero-order valence-electron chi connectivity index (χ0n) is 17.1. The molecule has 32 heavy (non-hydrogen) atoms. The lowest BCUT2D eigenvalue weighted by atomic mass is 10.0. The average molecular weight is 443 g/mol. The van der Waals surface area contributed by atoms with E-state index in [1.54, 1.807) is 0 Å². The van der Waals surface area contributed by atoms with Crippen LogP contribution < -0.4 is 10.1 Å². The number of amides is 4. The summed E-state index contributed by atoms with van der Waals surface area (Å²) in [5.41, 5.74) is 8.24. The smallest absolute Gasteiger partial charge is 0.266 e. The Bertz CT molecular complexity index is 1000. The Hall–Kier alpha value is -3.76. The minimum Gasteiger partial charge on any atom is -0.485 e. The van der Waals surface area contributed by atoms with Gasteiger partial charge in [0.2, 0.25) is 11.8 Å². The standard InChI is InChI=1S/C20H21N5O7/c21-24-22-8-10-31-9-2-3-12(26)11-32-15-5-1-4-13-17(15)20(30)25(19(13)29)14-6-7-16(27)23-18(14)28/h1,4-5,14H,2-3,6-11H2,(H,23,27,28). The Morgan fingerprint density at radius 1 is 1.22 bits per heavy atom. The first-order valence-electron chi connectivity index (χ1n) is 10.0. The van der Waals surface area contributed by atoms with Crippen LogP contribution in [0.2, 0.25) is 0 Å². The van der Waals surface area contributed by atoms with Crippen LogP contribution in [0.15, 0.2) is 23.3 Å². The fraction of sp³-hybridized carbons (Fsp3) is 0.450. The SMILES string of the molecule is [N-]=[N+]=NCCOCCCC(=O)COc1cccc2c1C(=O)N(C1CCC(=O)NC1=O)C2=O. The van der Waals surface area contributed by atoms with Crippen LogP contribution in [0.1, 0.15) is 46.4 Å². The number of ether oxygens (including phenoxy) is 2. The second-order valence-corrected chi connectivity index (χ2v) is 7.12. The van der Waals surface area contributed by atoms with Gasteiger partial charge in [-0.15, -0.1) is 0 Å². The molecule has 2 aliphatic heterocycles. The molecule has 0 spiro atoms. The molecular weight excluding hydrogens is 422 g/mol. The maximum absolute atomic E-state index is 12.9. The summed E-state index contributed by atoms with van der Waals surface area (Å²) in [7, 11) is 0. The molecule has 4 amide bonds. The van der Waals surface area contributed by atoms with Gasteiger partial charge in [-0.3, -0.25) is 34.2 Å². The van der Waals surface area contributed by atoms with E-state index in [-0.39, 0.29) is 61.7 Å². The van der Waals surface area contributed by atoms with E-state index < -0.39 is 29.7 Å². The summed E-state index contributed by atoms with van der Waals surface area (Å²) in [6.07, 6.45) is 0.713. The molecule has 1 saturated heterocycles. The Labute approximate surface area is 182 Å². The third-order valence-electron chi connectivity index (χ3n) is 4.96. The van der Waals surface area contributed by atoms with E-state index in [2.05, 4.69) is 15.3 Å². The van der Waals surface area contributed by atoms with E-state index in [1.807, 2.05) is 0 Å². The van der Waals surface area contributed by atoms with Crippen LogP contribution in [0, 0.1) is 0 Å². The summed E-state index contributed by atoms with van der Waals surface area (Å²) in [4.78, 5) is 64.8. The molecule has 12 heteroatoms. The number of ketones is 1. The third-order valence-corrected chi connectivity index (χ3v) is 4.96. The number of hydrogen-bond acceptors (Lipinski definition) is 8. The number of rotatable bonds is 11. The maximum Gasteiger partial charge on any atom is 0.266 e. The van der Waals surface area contributed by atoms with Crippen LogP contribution in [0.25, 0.3) is 10.4 Å². The summed E-state index contributed by atoms with van der Waals surface area (Å²) in [5, 5.41) is 5.46. The fourth-order valence-corrected chi connectivity index (χ4v) is 3.46. The second-order valence-electron chi connectivity index (χ2n) is 7.12. The van der Waals surface area contributed by atoms with Crippen LogP contribution in [0.4, 0.5) is 0 Å². The third kappa shape index (κ3) is 5.10. The highest BCUT2D eigenvalue weighted by atomic mass is 16.5. The highest BCUT2D eigenvalue weighted by Gasteiger charge is 2.46. The first-order chi connectivity index (χ1) is 15.4. The van der Waals surface area contributed by atoms with E-state index in [0.717, 1.165) is 4.90 Å². The Kier molecular flexibility index (Phi) is 7.53. The molecule has 2 aliphatic rings. The van der Waals surface area contributed by atoms with Gasteiger partial charge in [0, 0.05) is 30.9 Å². The van der Waals surface area contributed by atoms with E-state index >= 15 is 0 Å². The van der Waals surface area contributed by atoms with Gasteiger partial charge in [-0.2, -0.15) is 0 Å². The minimum absolute atomic E-state index is 0.00335. The molecular formula is C20H21N5O7. The Morgan fingerprint density at radius 2 is 2.03 bits per heavy atom. The van der Waals surface area contributed by atoms with Gasteiger partial charge in [0.05, 0.1) is 17.7 Å². The summed E-state index contributed by atoms with van der Waals surface area (Å²) in [5.74, 6) is -2.64. The van der Waals surface area contributed by atoms with Gasteiger partial charge in [-0.1, -0.05) is 11.2 Å². The molecule has 12 nitrogen and oxygen atoms in total. The molecule has 0 radical (unpaired) electrons. The van der Waals surface area contributed by atoms with E-state index in [0.29, 0.717) is 13.0 Å². The highest BCUT2D eigenvalue weighted by molar-refractivity contribution is 6.24. The molecule has 1 aromatic carbocycles.